The maximum atomic E-state index is 12.8. The number of piperidine rings is 1. The second kappa shape index (κ2) is 12.3. The van der Waals surface area contributed by atoms with Crippen LogP contribution in [0.3, 0.4) is 0 Å². The fraction of sp³-hybridized carbons (Fsp3) is 0.667. The lowest BCUT2D eigenvalue weighted by atomic mass is 9.95. The molecule has 8 heteroatoms. The van der Waals surface area contributed by atoms with Crippen molar-refractivity contribution in [2.24, 2.45) is 5.92 Å². The molecule has 1 aromatic carbocycles. The monoisotopic (exact) mass is 707 g/mol. The molecule has 3 aliphatic heterocycles. The molecule has 35 heavy (non-hydrogen) atoms. The van der Waals surface area contributed by atoms with Gasteiger partial charge >= 0.3 is 0 Å². The van der Waals surface area contributed by atoms with E-state index in [1.165, 1.54) is 27.5 Å². The van der Waals surface area contributed by atoms with E-state index in [1.54, 1.807) is 6.26 Å². The van der Waals surface area contributed by atoms with Crippen LogP contribution in [0, 0.1) is 16.4 Å². The smallest absolute Gasteiger partial charge is 0.231 e. The Morgan fingerprint density at radius 2 is 1.97 bits per heavy atom. The Labute approximate surface area is 237 Å². The third-order valence-corrected chi connectivity index (χ3v) is 10.4. The topological polar surface area (TPSA) is 54.0 Å². The molecule has 2 bridgehead atoms. The lowest BCUT2D eigenvalue weighted by Crippen LogP contribution is -2.51. The Hall–Kier alpha value is -0.590. The lowest BCUT2D eigenvalue weighted by Gasteiger charge is -2.42. The van der Waals surface area contributed by atoms with Crippen LogP contribution in [0.2, 0.25) is 0 Å². The SMILES string of the molecule is Cc1c(OCCCCN(C)C)ccc(C(I)N2C3CCC2CC(NC(=O)C2C=COC2C)C3)c1I. The van der Waals surface area contributed by atoms with Gasteiger partial charge in [0.05, 0.1) is 22.8 Å². The third-order valence-electron chi connectivity index (χ3n) is 7.67. The van der Waals surface area contributed by atoms with Gasteiger partial charge in [-0.25, -0.2) is 0 Å². The van der Waals surface area contributed by atoms with Crippen molar-refractivity contribution in [3.8, 4) is 5.75 Å². The Morgan fingerprint density at radius 3 is 2.60 bits per heavy atom. The van der Waals surface area contributed by atoms with Crippen molar-refractivity contribution in [2.45, 2.75) is 80.7 Å². The highest BCUT2D eigenvalue weighted by Crippen LogP contribution is 2.46. The minimum atomic E-state index is -0.165. The number of rotatable bonds is 10. The summed E-state index contributed by atoms with van der Waals surface area (Å²) in [6.45, 7) is 6.01. The van der Waals surface area contributed by atoms with Gasteiger partial charge in [-0.2, -0.15) is 0 Å². The van der Waals surface area contributed by atoms with Crippen molar-refractivity contribution in [1.29, 1.82) is 0 Å². The molecular formula is C27H39I2N3O3. The zero-order valence-corrected chi connectivity index (χ0v) is 25.6. The van der Waals surface area contributed by atoms with E-state index >= 15 is 0 Å². The molecule has 3 heterocycles. The quantitative estimate of drug-likeness (QED) is 0.153. The van der Waals surface area contributed by atoms with Crippen LogP contribution in [0.1, 0.15) is 60.6 Å². The summed E-state index contributed by atoms with van der Waals surface area (Å²) in [5.41, 5.74) is 2.62. The van der Waals surface area contributed by atoms with E-state index in [0.717, 1.165) is 44.6 Å². The number of unbranched alkanes of at least 4 members (excludes halogenated alkanes) is 1. The summed E-state index contributed by atoms with van der Waals surface area (Å²) < 4.78 is 13.2. The van der Waals surface area contributed by atoms with Crippen molar-refractivity contribution < 1.29 is 14.3 Å². The van der Waals surface area contributed by atoms with Crippen LogP contribution >= 0.6 is 45.2 Å². The largest absolute Gasteiger partial charge is 0.497 e. The van der Waals surface area contributed by atoms with Crippen molar-refractivity contribution >= 4 is 51.1 Å². The molecule has 6 nitrogen and oxygen atoms in total. The predicted molar refractivity (Wildman–Crippen MR) is 157 cm³/mol. The first-order valence-corrected chi connectivity index (χ1v) is 15.2. The number of halogens is 2. The number of nitrogens with zero attached hydrogens (tertiary/aromatic N) is 2. The summed E-state index contributed by atoms with van der Waals surface area (Å²) in [7, 11) is 4.22. The number of carbonyl (C=O) groups excluding carboxylic acids is 1. The van der Waals surface area contributed by atoms with E-state index in [4.69, 9.17) is 9.47 Å². The zero-order chi connectivity index (χ0) is 25.1. The fourth-order valence-corrected chi connectivity index (χ4v) is 8.46. The fourth-order valence-electron chi connectivity index (χ4n) is 5.70. The van der Waals surface area contributed by atoms with E-state index < -0.39 is 0 Å². The predicted octanol–water partition coefficient (Wildman–Crippen LogP) is 5.41. The van der Waals surface area contributed by atoms with Gasteiger partial charge in [0.25, 0.3) is 0 Å². The van der Waals surface area contributed by atoms with Gasteiger partial charge in [-0.05, 0) is 113 Å². The third kappa shape index (κ3) is 6.46. The first kappa shape index (κ1) is 27.4. The highest BCUT2D eigenvalue weighted by atomic mass is 127. The van der Waals surface area contributed by atoms with Crippen molar-refractivity contribution in [1.82, 2.24) is 15.1 Å². The van der Waals surface area contributed by atoms with Crippen LogP contribution in [0.25, 0.3) is 0 Å². The Bertz CT molecular complexity index is 911. The number of nitrogens with one attached hydrogen (secondary N) is 1. The number of carbonyl (C=O) groups is 1. The zero-order valence-electron chi connectivity index (χ0n) is 21.3. The number of alkyl halides is 1. The number of benzene rings is 1. The molecule has 5 unspecified atom stereocenters. The first-order chi connectivity index (χ1) is 16.8. The molecule has 1 amide bonds. The van der Waals surface area contributed by atoms with E-state index in [2.05, 4.69) is 93.5 Å². The Balaban J connectivity index is 1.35. The highest BCUT2D eigenvalue weighted by Gasteiger charge is 2.45. The summed E-state index contributed by atoms with van der Waals surface area (Å²) in [5, 5.41) is 3.33. The summed E-state index contributed by atoms with van der Waals surface area (Å²) >= 11 is 5.13. The average molecular weight is 707 g/mol. The van der Waals surface area contributed by atoms with E-state index in [9.17, 15) is 4.79 Å². The Kier molecular flexibility index (Phi) is 9.65. The van der Waals surface area contributed by atoms with Gasteiger partial charge in [-0.3, -0.25) is 9.69 Å². The summed E-state index contributed by atoms with van der Waals surface area (Å²) in [4.78, 5) is 17.7. The van der Waals surface area contributed by atoms with Gasteiger partial charge < -0.3 is 19.7 Å². The molecular weight excluding hydrogens is 668 g/mol. The van der Waals surface area contributed by atoms with Crippen LogP contribution < -0.4 is 10.1 Å². The van der Waals surface area contributed by atoms with Gasteiger partial charge in [0.15, 0.2) is 0 Å². The van der Waals surface area contributed by atoms with Crippen LogP contribution in [-0.4, -0.2) is 67.2 Å². The first-order valence-electron chi connectivity index (χ1n) is 12.9. The molecule has 0 aliphatic carbocycles. The number of fused-ring (bicyclic) bond motifs is 2. The van der Waals surface area contributed by atoms with Gasteiger partial charge in [0, 0.05) is 27.3 Å². The van der Waals surface area contributed by atoms with E-state index in [1.807, 2.05) is 13.0 Å². The minimum Gasteiger partial charge on any atom is -0.497 e. The minimum absolute atomic E-state index is 0.0687. The molecule has 2 saturated heterocycles. The lowest BCUT2D eigenvalue weighted by molar-refractivity contribution is -0.126. The number of hydrogen-bond acceptors (Lipinski definition) is 5. The molecule has 194 valence electrons. The maximum absolute atomic E-state index is 12.8. The van der Waals surface area contributed by atoms with Crippen LogP contribution in [-0.2, 0) is 9.53 Å². The second-order valence-electron chi connectivity index (χ2n) is 10.5. The molecule has 1 aromatic rings. The molecule has 1 N–H and O–H groups in total. The average Bonchev–Trinajstić information content (AvgIpc) is 3.36. The molecule has 0 saturated carbocycles. The molecule has 4 rings (SSSR count). The number of hydrogen-bond donors (Lipinski definition) is 1. The second-order valence-corrected chi connectivity index (χ2v) is 12.7. The number of ether oxygens (including phenoxy) is 2. The summed E-state index contributed by atoms with van der Waals surface area (Å²) in [5.74, 6) is 0.953. The molecule has 3 aliphatic rings. The van der Waals surface area contributed by atoms with Crippen LogP contribution in [0.15, 0.2) is 24.5 Å². The normalized spacial score (nSPS) is 28.8. The molecule has 5 atom stereocenters. The van der Waals surface area contributed by atoms with E-state index in [-0.39, 0.29) is 24.0 Å². The standard InChI is InChI=1S/C27H39I2N3O3/c1-17-24(35-13-6-5-12-31(3)4)10-9-23(25(17)28)26(29)32-20-7-8-21(32)16-19(15-20)30-27(33)22-11-14-34-18(22)2/h9-11,14,18-22,26H,5-8,12-13,15-16H2,1-4H3,(H,30,33). The molecule has 0 radical (unpaired) electrons. The van der Waals surface area contributed by atoms with Gasteiger partial charge in [-0.1, -0.05) is 28.7 Å². The van der Waals surface area contributed by atoms with Gasteiger partial charge in [-0.15, -0.1) is 0 Å². The summed E-state index contributed by atoms with van der Waals surface area (Å²) in [6, 6.07) is 5.71. The van der Waals surface area contributed by atoms with Crippen LogP contribution in [0.4, 0.5) is 0 Å². The Morgan fingerprint density at radius 1 is 1.26 bits per heavy atom. The number of amides is 1. The van der Waals surface area contributed by atoms with Gasteiger partial charge in [0.1, 0.15) is 11.9 Å². The highest BCUT2D eigenvalue weighted by molar-refractivity contribution is 14.1. The maximum Gasteiger partial charge on any atom is 0.231 e. The van der Waals surface area contributed by atoms with Crippen molar-refractivity contribution in [3.05, 3.63) is 39.2 Å². The molecule has 2 fully saturated rings. The molecule has 0 spiro atoms. The van der Waals surface area contributed by atoms with Crippen LogP contribution in [0.5, 0.6) is 5.75 Å². The van der Waals surface area contributed by atoms with Crippen molar-refractivity contribution in [3.63, 3.8) is 0 Å². The summed E-state index contributed by atoms with van der Waals surface area (Å²) in [6.07, 6.45) is 10.2. The van der Waals surface area contributed by atoms with E-state index in [0.29, 0.717) is 16.1 Å². The molecule has 0 aromatic heterocycles. The van der Waals surface area contributed by atoms with Crippen molar-refractivity contribution in [2.75, 3.05) is 27.2 Å². The van der Waals surface area contributed by atoms with Gasteiger partial charge in [0.2, 0.25) is 5.91 Å².